The van der Waals surface area contributed by atoms with Crippen LogP contribution >= 0.6 is 0 Å². The summed E-state index contributed by atoms with van der Waals surface area (Å²) in [7, 11) is 4.32. The zero-order chi connectivity index (χ0) is 14.5. The Kier molecular flexibility index (Phi) is 6.02. The lowest BCUT2D eigenvalue weighted by Crippen LogP contribution is -2.51. The summed E-state index contributed by atoms with van der Waals surface area (Å²) in [4.78, 5) is 2.53. The van der Waals surface area contributed by atoms with Crippen molar-refractivity contribution < 1.29 is 0 Å². The van der Waals surface area contributed by atoms with E-state index in [0.29, 0.717) is 12.1 Å². The SMILES string of the molecule is CCC(C(NC)c1ccccc1)N(C)C(C)(C)CC. The minimum Gasteiger partial charge on any atom is -0.312 e. The van der Waals surface area contributed by atoms with Crippen molar-refractivity contribution >= 4 is 0 Å². The quantitative estimate of drug-likeness (QED) is 0.803. The van der Waals surface area contributed by atoms with Crippen LogP contribution in [0.5, 0.6) is 0 Å². The van der Waals surface area contributed by atoms with Crippen molar-refractivity contribution in [3.63, 3.8) is 0 Å². The van der Waals surface area contributed by atoms with Crippen molar-refractivity contribution in [2.75, 3.05) is 14.1 Å². The molecule has 0 aliphatic carbocycles. The normalized spacial score (nSPS) is 15.5. The van der Waals surface area contributed by atoms with Crippen LogP contribution in [0.2, 0.25) is 0 Å². The molecule has 0 heterocycles. The molecular weight excluding hydrogens is 232 g/mol. The van der Waals surface area contributed by atoms with Gasteiger partial charge >= 0.3 is 0 Å². The second kappa shape index (κ2) is 7.06. The summed E-state index contributed by atoms with van der Waals surface area (Å²) in [5, 5.41) is 3.50. The molecule has 0 amide bonds. The number of hydrogen-bond donors (Lipinski definition) is 1. The van der Waals surface area contributed by atoms with E-state index in [-0.39, 0.29) is 5.54 Å². The van der Waals surface area contributed by atoms with Crippen molar-refractivity contribution in [3.05, 3.63) is 35.9 Å². The van der Waals surface area contributed by atoms with Crippen LogP contribution in [0, 0.1) is 0 Å². The van der Waals surface area contributed by atoms with Crippen LogP contribution < -0.4 is 5.32 Å². The van der Waals surface area contributed by atoms with Crippen molar-refractivity contribution in [1.29, 1.82) is 0 Å². The van der Waals surface area contributed by atoms with Crippen LogP contribution in [0.3, 0.4) is 0 Å². The summed E-state index contributed by atoms with van der Waals surface area (Å²) < 4.78 is 0. The highest BCUT2D eigenvalue weighted by Gasteiger charge is 2.32. The van der Waals surface area contributed by atoms with Gasteiger partial charge in [-0.15, -0.1) is 0 Å². The van der Waals surface area contributed by atoms with E-state index in [2.05, 4.69) is 82.3 Å². The smallest absolute Gasteiger partial charge is 0.0475 e. The van der Waals surface area contributed by atoms with E-state index in [1.165, 1.54) is 5.56 Å². The van der Waals surface area contributed by atoms with Gasteiger partial charge in [-0.2, -0.15) is 0 Å². The predicted octanol–water partition coefficient (Wildman–Crippen LogP) is 3.85. The van der Waals surface area contributed by atoms with Gasteiger partial charge < -0.3 is 5.32 Å². The van der Waals surface area contributed by atoms with E-state index >= 15 is 0 Å². The minimum absolute atomic E-state index is 0.227. The molecule has 0 bridgehead atoms. The van der Waals surface area contributed by atoms with Gasteiger partial charge in [0.2, 0.25) is 0 Å². The maximum atomic E-state index is 3.50. The van der Waals surface area contributed by atoms with Crippen LogP contribution in [-0.2, 0) is 0 Å². The van der Waals surface area contributed by atoms with E-state index in [1.807, 2.05) is 0 Å². The molecule has 0 spiro atoms. The lowest BCUT2D eigenvalue weighted by molar-refractivity contribution is 0.0727. The van der Waals surface area contributed by atoms with Crippen LogP contribution in [0.4, 0.5) is 0 Å². The fourth-order valence-corrected chi connectivity index (χ4v) is 2.67. The van der Waals surface area contributed by atoms with Crippen LogP contribution in [0.25, 0.3) is 0 Å². The second-order valence-corrected chi connectivity index (χ2v) is 5.93. The number of benzene rings is 1. The summed E-state index contributed by atoms with van der Waals surface area (Å²) in [6, 6.07) is 11.6. The third kappa shape index (κ3) is 3.80. The Hall–Kier alpha value is -0.860. The summed E-state index contributed by atoms with van der Waals surface area (Å²) >= 11 is 0. The zero-order valence-electron chi connectivity index (χ0n) is 13.4. The molecule has 2 nitrogen and oxygen atoms in total. The molecule has 2 heteroatoms. The molecule has 0 fully saturated rings. The third-order valence-corrected chi connectivity index (χ3v) is 4.59. The highest BCUT2D eigenvalue weighted by molar-refractivity contribution is 5.20. The summed E-state index contributed by atoms with van der Waals surface area (Å²) in [5.74, 6) is 0. The number of nitrogens with zero attached hydrogens (tertiary/aromatic N) is 1. The van der Waals surface area contributed by atoms with Gasteiger partial charge in [0.1, 0.15) is 0 Å². The van der Waals surface area contributed by atoms with Crippen molar-refractivity contribution in [3.8, 4) is 0 Å². The Morgan fingerprint density at radius 2 is 1.74 bits per heavy atom. The molecule has 0 saturated heterocycles. The molecule has 19 heavy (non-hydrogen) atoms. The van der Waals surface area contributed by atoms with E-state index in [9.17, 15) is 0 Å². The first-order valence-electron chi connectivity index (χ1n) is 7.43. The van der Waals surface area contributed by atoms with E-state index < -0.39 is 0 Å². The van der Waals surface area contributed by atoms with E-state index in [4.69, 9.17) is 0 Å². The van der Waals surface area contributed by atoms with E-state index in [0.717, 1.165) is 12.8 Å². The summed E-state index contributed by atoms with van der Waals surface area (Å²) in [6.45, 7) is 9.20. The molecule has 1 aromatic rings. The maximum Gasteiger partial charge on any atom is 0.0475 e. The molecule has 0 radical (unpaired) electrons. The van der Waals surface area contributed by atoms with Crippen LogP contribution in [0.15, 0.2) is 30.3 Å². The molecule has 2 atom stereocenters. The zero-order valence-corrected chi connectivity index (χ0v) is 13.4. The van der Waals surface area contributed by atoms with Gasteiger partial charge in [-0.05, 0) is 46.3 Å². The minimum atomic E-state index is 0.227. The first-order chi connectivity index (χ1) is 8.97. The fourth-order valence-electron chi connectivity index (χ4n) is 2.67. The molecule has 1 rings (SSSR count). The number of rotatable bonds is 7. The van der Waals surface area contributed by atoms with Gasteiger partial charge in [0.25, 0.3) is 0 Å². The van der Waals surface area contributed by atoms with Gasteiger partial charge in [-0.1, -0.05) is 44.2 Å². The molecule has 1 N–H and O–H groups in total. The van der Waals surface area contributed by atoms with Gasteiger partial charge in [0.05, 0.1) is 0 Å². The molecular formula is C17H30N2. The van der Waals surface area contributed by atoms with Gasteiger partial charge in [0.15, 0.2) is 0 Å². The lowest BCUT2D eigenvalue weighted by Gasteiger charge is -2.44. The Labute approximate surface area is 119 Å². The predicted molar refractivity (Wildman–Crippen MR) is 84.5 cm³/mol. The van der Waals surface area contributed by atoms with Gasteiger partial charge in [0, 0.05) is 17.6 Å². The first-order valence-corrected chi connectivity index (χ1v) is 7.43. The monoisotopic (exact) mass is 262 g/mol. The Morgan fingerprint density at radius 3 is 2.16 bits per heavy atom. The topological polar surface area (TPSA) is 15.3 Å². The van der Waals surface area contributed by atoms with Gasteiger partial charge in [-0.3, -0.25) is 4.90 Å². The molecule has 0 aromatic heterocycles. The van der Waals surface area contributed by atoms with Crippen molar-refractivity contribution in [2.24, 2.45) is 0 Å². The molecule has 0 aliphatic rings. The van der Waals surface area contributed by atoms with Crippen LogP contribution in [0.1, 0.15) is 52.1 Å². The van der Waals surface area contributed by atoms with Crippen molar-refractivity contribution in [1.82, 2.24) is 10.2 Å². The van der Waals surface area contributed by atoms with E-state index in [1.54, 1.807) is 0 Å². The maximum absolute atomic E-state index is 3.50. The number of nitrogens with one attached hydrogen (secondary N) is 1. The Morgan fingerprint density at radius 1 is 1.16 bits per heavy atom. The molecule has 2 unspecified atom stereocenters. The van der Waals surface area contributed by atoms with Gasteiger partial charge in [-0.25, -0.2) is 0 Å². The molecule has 0 saturated carbocycles. The Balaban J connectivity index is 3.00. The number of hydrogen-bond acceptors (Lipinski definition) is 2. The number of likely N-dealkylation sites (N-methyl/N-ethyl adjacent to an activating group) is 2. The average Bonchev–Trinajstić information content (AvgIpc) is 2.44. The largest absolute Gasteiger partial charge is 0.312 e. The van der Waals surface area contributed by atoms with Crippen LogP contribution in [-0.4, -0.2) is 30.6 Å². The highest BCUT2D eigenvalue weighted by Crippen LogP contribution is 2.28. The Bertz CT molecular complexity index is 359. The molecule has 0 aliphatic heterocycles. The standard InChI is InChI=1S/C17H30N2/c1-7-15(19(6)17(3,4)8-2)16(18-5)14-12-10-9-11-13-14/h9-13,15-16,18H,7-8H2,1-6H3. The fraction of sp³-hybridized carbons (Fsp3) is 0.647. The van der Waals surface area contributed by atoms with Crippen molar-refractivity contribution in [2.45, 2.75) is 58.2 Å². The molecule has 108 valence electrons. The summed E-state index contributed by atoms with van der Waals surface area (Å²) in [5.41, 5.74) is 1.60. The lowest BCUT2D eigenvalue weighted by atomic mass is 9.90. The average molecular weight is 262 g/mol. The molecule has 1 aromatic carbocycles. The summed E-state index contributed by atoms with van der Waals surface area (Å²) in [6.07, 6.45) is 2.30. The second-order valence-electron chi connectivity index (χ2n) is 5.93. The first kappa shape index (κ1) is 16.2. The highest BCUT2D eigenvalue weighted by atomic mass is 15.2. The third-order valence-electron chi connectivity index (χ3n) is 4.59.